The van der Waals surface area contributed by atoms with Crippen LogP contribution in [0.1, 0.15) is 275 Å². The van der Waals surface area contributed by atoms with E-state index in [1.165, 1.54) is 33.0 Å². The Hall–Kier alpha value is -2.68. The molecule has 0 bridgehead atoms. The van der Waals surface area contributed by atoms with Crippen molar-refractivity contribution in [2.45, 2.75) is 288 Å². The number of rotatable bonds is 1. The molecule has 0 rings (SSSR count). The van der Waals surface area contributed by atoms with Crippen LogP contribution in [0.2, 0.25) is 6.82 Å². The Labute approximate surface area is 489 Å². The number of unbranched alkanes of at least 4 members (excludes halogenated alkanes) is 1. The van der Waals surface area contributed by atoms with Crippen molar-refractivity contribution in [3.05, 3.63) is 60.0 Å². The molecule has 0 unspecified atom stereocenters. The standard InChI is InChI=1S/C5H8O.C4H6F2.C4H10.2C4H8.C4H6.C3H3F3.C3H8.C3H4.C2F4.C2H4O.10C2H6.CH5BO2.Na.H2O/c1-4-5(2,3)6;1-3(5)4(2)6;4*1-3-4-2;1-2(4)3(5)6;2*1-3-2;3-1(4)2(5)6;1-2-3;10*1-2;1-2(3)4;;/h1,6H,2-3H3;1-2H3;3-4H2,1-2H3;2*3-4H,1-2H3;1-2H3;1H3;3H2,1-2H3;1H,2H3;;2H,1H3;10*1-2H3;3-4H,1H3;;1H2/q;;;;;;;;;;;;;;;;;;;;;;+1;/p-1/b;4-3+;;;;;;;;;;;;;;;;;;;;;;. The van der Waals surface area contributed by atoms with Gasteiger partial charge in [-0.25, -0.2) is 13.2 Å². The smallest absolute Gasteiger partial charge is 0.870 e. The van der Waals surface area contributed by atoms with Gasteiger partial charge in [-0.05, 0) is 96.8 Å². The van der Waals surface area contributed by atoms with E-state index in [2.05, 4.69) is 57.8 Å². The molecule has 0 aromatic carbocycles. The number of terminal acetylenes is 2. The normalized spacial score (nSPS) is 6.51. The quantitative estimate of drug-likeness (QED) is 0.0797. The fraction of sp³-hybridized carbons (Fsp3) is 0.712. The summed E-state index contributed by atoms with van der Waals surface area (Å²) in [6.07, 6.45) is 14.0. The Balaban J connectivity index is -0.0000000167. The first-order valence-electron chi connectivity index (χ1n) is 26.0. The van der Waals surface area contributed by atoms with Crippen molar-refractivity contribution < 1.29 is 94.5 Å². The Morgan fingerprint density at radius 3 is 0.573 bits per heavy atom. The van der Waals surface area contributed by atoms with Gasteiger partial charge in [-0.2, -0.15) is 26.3 Å². The molecule has 0 saturated carbocycles. The van der Waals surface area contributed by atoms with Crippen LogP contribution >= 0.6 is 0 Å². The Bertz CT molecular complexity index is 862. The molecule has 0 aromatic rings. The van der Waals surface area contributed by atoms with Crippen molar-refractivity contribution in [3.63, 3.8) is 0 Å². The molecule has 0 radical (unpaired) electrons. The second kappa shape index (κ2) is 267. The van der Waals surface area contributed by atoms with Gasteiger partial charge in [0.25, 0.3) is 0 Å². The predicted molar refractivity (Wildman–Crippen MR) is 328 cm³/mol. The summed E-state index contributed by atoms with van der Waals surface area (Å²) in [6.45, 7) is 70.6. The maximum atomic E-state index is 11.3. The van der Waals surface area contributed by atoms with Crippen molar-refractivity contribution in [2.24, 2.45) is 0 Å². The summed E-state index contributed by atoms with van der Waals surface area (Å²) in [4.78, 5) is 8.81. The summed E-state index contributed by atoms with van der Waals surface area (Å²) in [5.41, 5.74) is -0.931. The first kappa shape index (κ1) is 158. The largest absolute Gasteiger partial charge is 1.00 e. The SMILES string of the molecule is C#CC.C#CC(C)(C)O.C/C(F)=C(/C)F.CB(O)O.CC.CC.CC.CC.CC.CC.CC.CC.CC.CC.CC#CC.CC(F)=C(F)F.CC=CC.CC=CC.CC=O.CCC.CCCC.FC(F)=C(F)F.[Na+].[OH-]. The topological polar surface area (TPSA) is 108 Å². The molecule has 4 N–H and O–H groups in total. The van der Waals surface area contributed by atoms with E-state index >= 15 is 0 Å². The summed E-state index contributed by atoms with van der Waals surface area (Å²) >= 11 is 0. The molecular weight excluding hydrogens is 993 g/mol. The molecule has 0 saturated heterocycles. The minimum atomic E-state index is -2.91. The summed E-state index contributed by atoms with van der Waals surface area (Å²) in [5.74, 6) is 6.88. The van der Waals surface area contributed by atoms with Gasteiger partial charge in [-0.3, -0.25) is 0 Å². The molecule has 75 heavy (non-hydrogen) atoms. The zero-order valence-electron chi connectivity index (χ0n) is 56.8. The number of carbonyl (C=O) groups is 1. The van der Waals surface area contributed by atoms with E-state index in [1.54, 1.807) is 20.8 Å². The zero-order chi connectivity index (χ0) is 66.0. The van der Waals surface area contributed by atoms with E-state index in [0.717, 1.165) is 20.1 Å². The van der Waals surface area contributed by atoms with Crippen molar-refractivity contribution in [3.8, 4) is 36.5 Å². The van der Waals surface area contributed by atoms with E-state index in [4.69, 9.17) is 26.4 Å². The van der Waals surface area contributed by atoms with Gasteiger partial charge < -0.3 is 25.4 Å². The Morgan fingerprint density at radius 1 is 0.480 bits per heavy atom. The van der Waals surface area contributed by atoms with E-state index in [1.807, 2.05) is 204 Å². The van der Waals surface area contributed by atoms with Crippen LogP contribution < -0.4 is 29.6 Å². The molecule has 0 aliphatic carbocycles. The molecule has 0 aliphatic rings. The fourth-order valence-electron chi connectivity index (χ4n) is 0. The maximum absolute atomic E-state index is 11.3. The predicted octanol–water partition coefficient (Wildman–Crippen LogP) is 21.1. The molecule has 464 valence electrons. The number of carbonyl (C=O) groups excluding carboxylic acids is 1. The third-order valence-electron chi connectivity index (χ3n) is 2.65. The molecule has 0 aromatic heterocycles. The number of hydrogen-bond donors (Lipinski definition) is 3. The molecule has 0 heterocycles. The van der Waals surface area contributed by atoms with Gasteiger partial charge in [0, 0.05) is 0 Å². The number of hydrogen-bond acceptors (Lipinski definition) is 5. The second-order valence-electron chi connectivity index (χ2n) is 8.78. The van der Waals surface area contributed by atoms with Gasteiger partial charge in [0.05, 0.1) is 0 Å². The van der Waals surface area contributed by atoms with Gasteiger partial charge in [-0.1, -0.05) is 216 Å². The zero-order valence-corrected chi connectivity index (χ0v) is 58.8. The van der Waals surface area contributed by atoms with E-state index in [0.29, 0.717) is 6.92 Å². The molecular formula is C59H131BF9NaO5. The average Bonchev–Trinajstić information content (AvgIpc) is 3.41. The summed E-state index contributed by atoms with van der Waals surface area (Å²) < 4.78 is 96.1. The average molecular weight is 1130 g/mol. The van der Waals surface area contributed by atoms with Crippen LogP contribution in [0.15, 0.2) is 60.0 Å². The first-order valence-corrected chi connectivity index (χ1v) is 26.0. The third-order valence-corrected chi connectivity index (χ3v) is 2.65. The minimum Gasteiger partial charge on any atom is -0.870 e. The molecule has 0 spiro atoms. The van der Waals surface area contributed by atoms with Gasteiger partial charge >= 0.3 is 54.9 Å². The van der Waals surface area contributed by atoms with E-state index < -0.39 is 48.4 Å². The number of aliphatic hydroxyl groups is 1. The molecule has 0 aliphatic heterocycles. The van der Waals surface area contributed by atoms with Crippen LogP contribution in [0.5, 0.6) is 0 Å². The van der Waals surface area contributed by atoms with Crippen LogP contribution in [-0.4, -0.2) is 39.6 Å². The van der Waals surface area contributed by atoms with Gasteiger partial charge in [0.1, 0.15) is 23.5 Å². The van der Waals surface area contributed by atoms with E-state index in [-0.39, 0.29) is 35.0 Å². The maximum Gasteiger partial charge on any atom is 1.00 e. The van der Waals surface area contributed by atoms with Crippen LogP contribution in [-0.2, 0) is 4.79 Å². The van der Waals surface area contributed by atoms with Crippen LogP contribution in [0.25, 0.3) is 0 Å². The van der Waals surface area contributed by atoms with Crippen molar-refractivity contribution >= 4 is 13.4 Å². The fourth-order valence-corrected chi connectivity index (χ4v) is 0. The van der Waals surface area contributed by atoms with Gasteiger partial charge in [0.2, 0.25) is 0 Å². The summed E-state index contributed by atoms with van der Waals surface area (Å²) in [6, 6.07) is 0. The first-order chi connectivity index (χ1) is 34.1. The minimum absolute atomic E-state index is 0. The third kappa shape index (κ3) is 1290. The van der Waals surface area contributed by atoms with Crippen LogP contribution in [0, 0.1) is 36.5 Å². The van der Waals surface area contributed by atoms with Crippen molar-refractivity contribution in [1.82, 2.24) is 0 Å². The number of allylic oxidation sites excluding steroid dienone is 7. The number of halogens is 9. The molecule has 5 nitrogen and oxygen atoms in total. The van der Waals surface area contributed by atoms with Crippen molar-refractivity contribution in [2.75, 3.05) is 0 Å². The Morgan fingerprint density at radius 2 is 0.573 bits per heavy atom. The second-order valence-corrected chi connectivity index (χ2v) is 8.78. The van der Waals surface area contributed by atoms with Crippen molar-refractivity contribution in [1.29, 1.82) is 0 Å². The summed E-state index contributed by atoms with van der Waals surface area (Å²) in [7, 11) is -1.17. The Kier molecular flexibility index (Phi) is 562. The molecule has 16 heteroatoms. The number of aldehydes is 1. The molecule has 0 amide bonds. The van der Waals surface area contributed by atoms with Crippen LogP contribution in [0.4, 0.5) is 39.5 Å². The monoisotopic (exact) mass is 1120 g/mol. The van der Waals surface area contributed by atoms with Gasteiger partial charge in [-0.15, -0.1) is 30.6 Å². The van der Waals surface area contributed by atoms with Gasteiger partial charge in [0.15, 0.2) is 5.83 Å². The molecule has 0 atom stereocenters. The van der Waals surface area contributed by atoms with E-state index in [9.17, 15) is 39.5 Å². The van der Waals surface area contributed by atoms with Crippen LogP contribution in [0.3, 0.4) is 0 Å². The summed E-state index contributed by atoms with van der Waals surface area (Å²) in [5, 5.41) is 23.8. The molecule has 0 fully saturated rings.